The minimum absolute atomic E-state index is 0.188. The minimum Gasteiger partial charge on any atom is -0.469 e. The van der Waals surface area contributed by atoms with E-state index in [4.69, 9.17) is 9.15 Å². The van der Waals surface area contributed by atoms with Crippen LogP contribution in [-0.2, 0) is 11.2 Å². The molecule has 0 fully saturated rings. The molecule has 0 aromatic carbocycles. The number of aryl methyl sites for hydroxylation is 1. The third kappa shape index (κ3) is 3.08. The summed E-state index contributed by atoms with van der Waals surface area (Å²) in [5, 5.41) is 10.1. The largest absolute Gasteiger partial charge is 0.469 e. The van der Waals surface area contributed by atoms with Gasteiger partial charge in [-0.3, -0.25) is 0 Å². The van der Waals surface area contributed by atoms with Gasteiger partial charge in [0, 0.05) is 25.7 Å². The summed E-state index contributed by atoms with van der Waals surface area (Å²) in [6, 6.07) is 1.85. The molecular weight excluding hydrogens is 192 g/mol. The fourth-order valence-corrected chi connectivity index (χ4v) is 1.67. The summed E-state index contributed by atoms with van der Waals surface area (Å²) in [7, 11) is 1.68. The van der Waals surface area contributed by atoms with Crippen molar-refractivity contribution in [1.82, 2.24) is 0 Å². The molecule has 86 valence electrons. The van der Waals surface area contributed by atoms with Crippen LogP contribution >= 0.6 is 0 Å². The molecule has 1 aromatic rings. The molecule has 0 aliphatic rings. The summed E-state index contributed by atoms with van der Waals surface area (Å²) in [4.78, 5) is 0. The summed E-state index contributed by atoms with van der Waals surface area (Å²) in [6.07, 6.45) is 2.86. The summed E-state index contributed by atoms with van der Waals surface area (Å²) in [5.74, 6) is 1.07. The number of aliphatic hydroxyl groups excluding tert-OH is 1. The van der Waals surface area contributed by atoms with Gasteiger partial charge in [-0.15, -0.1) is 0 Å². The molecule has 0 bridgehead atoms. The van der Waals surface area contributed by atoms with Crippen molar-refractivity contribution in [2.75, 3.05) is 13.7 Å². The summed E-state index contributed by atoms with van der Waals surface area (Å²) < 4.78 is 10.3. The van der Waals surface area contributed by atoms with E-state index in [-0.39, 0.29) is 5.92 Å². The van der Waals surface area contributed by atoms with Gasteiger partial charge in [0.05, 0.1) is 12.4 Å². The lowest BCUT2D eigenvalue weighted by Gasteiger charge is -2.18. The number of rotatable bonds is 6. The average molecular weight is 212 g/mol. The molecule has 15 heavy (non-hydrogen) atoms. The lowest BCUT2D eigenvalue weighted by atomic mass is 9.94. The third-order valence-corrected chi connectivity index (χ3v) is 2.74. The molecule has 2 atom stereocenters. The Hall–Kier alpha value is -0.800. The van der Waals surface area contributed by atoms with Crippen LogP contribution in [-0.4, -0.2) is 18.8 Å². The van der Waals surface area contributed by atoms with Crippen molar-refractivity contribution >= 4 is 0 Å². The highest BCUT2D eigenvalue weighted by atomic mass is 16.5. The van der Waals surface area contributed by atoms with Crippen LogP contribution < -0.4 is 0 Å². The molecule has 3 heteroatoms. The molecule has 0 spiro atoms. The summed E-state index contributed by atoms with van der Waals surface area (Å²) in [5.41, 5.74) is 0.918. The second-order valence-corrected chi connectivity index (χ2v) is 3.86. The fraction of sp³-hybridized carbons (Fsp3) is 0.667. The standard InChI is InChI=1S/C12H20O3/c1-4-11-10(6-8-15-11)12(13)9(2)5-7-14-3/h6,8-9,12-13H,4-5,7H2,1-3H3. The molecule has 0 amide bonds. The second kappa shape index (κ2) is 5.93. The first kappa shape index (κ1) is 12.3. The quantitative estimate of drug-likeness (QED) is 0.788. The number of methoxy groups -OCH3 is 1. The van der Waals surface area contributed by atoms with Crippen molar-refractivity contribution < 1.29 is 14.3 Å². The normalized spacial score (nSPS) is 15.2. The van der Waals surface area contributed by atoms with Gasteiger partial charge in [-0.05, 0) is 18.4 Å². The zero-order valence-corrected chi connectivity index (χ0v) is 9.69. The van der Waals surface area contributed by atoms with Crippen LogP contribution in [0.2, 0.25) is 0 Å². The van der Waals surface area contributed by atoms with Crippen molar-refractivity contribution in [3.63, 3.8) is 0 Å². The lowest BCUT2D eigenvalue weighted by Crippen LogP contribution is -2.12. The Morgan fingerprint density at radius 2 is 2.27 bits per heavy atom. The summed E-state index contributed by atoms with van der Waals surface area (Å²) in [6.45, 7) is 4.72. The van der Waals surface area contributed by atoms with E-state index in [0.29, 0.717) is 6.61 Å². The topological polar surface area (TPSA) is 42.6 Å². The molecule has 0 saturated carbocycles. The van der Waals surface area contributed by atoms with Gasteiger partial charge in [0.15, 0.2) is 0 Å². The van der Waals surface area contributed by atoms with Crippen LogP contribution in [0.1, 0.15) is 37.7 Å². The molecule has 1 N–H and O–H groups in total. The van der Waals surface area contributed by atoms with E-state index in [2.05, 4.69) is 0 Å². The van der Waals surface area contributed by atoms with Crippen molar-refractivity contribution in [2.24, 2.45) is 5.92 Å². The Kier molecular flexibility index (Phi) is 4.85. The fourth-order valence-electron chi connectivity index (χ4n) is 1.67. The maximum absolute atomic E-state index is 10.1. The predicted molar refractivity (Wildman–Crippen MR) is 58.7 cm³/mol. The Morgan fingerprint density at radius 1 is 1.53 bits per heavy atom. The van der Waals surface area contributed by atoms with E-state index in [0.717, 1.165) is 24.2 Å². The van der Waals surface area contributed by atoms with Crippen molar-refractivity contribution in [3.05, 3.63) is 23.7 Å². The molecule has 0 aliphatic carbocycles. The smallest absolute Gasteiger partial charge is 0.109 e. The molecule has 1 rings (SSSR count). The molecule has 2 unspecified atom stereocenters. The highest BCUT2D eigenvalue weighted by Crippen LogP contribution is 2.28. The molecule has 0 radical (unpaired) electrons. The first-order valence-electron chi connectivity index (χ1n) is 5.44. The molecule has 0 saturated heterocycles. The van der Waals surface area contributed by atoms with E-state index < -0.39 is 6.10 Å². The third-order valence-electron chi connectivity index (χ3n) is 2.74. The number of furan rings is 1. The minimum atomic E-state index is -0.450. The molecule has 0 aliphatic heterocycles. The predicted octanol–water partition coefficient (Wildman–Crippen LogP) is 2.55. The van der Waals surface area contributed by atoms with Crippen molar-refractivity contribution in [3.8, 4) is 0 Å². The molecular formula is C12H20O3. The maximum Gasteiger partial charge on any atom is 0.109 e. The highest BCUT2D eigenvalue weighted by molar-refractivity contribution is 5.20. The Balaban J connectivity index is 2.62. The Morgan fingerprint density at radius 3 is 2.87 bits per heavy atom. The lowest BCUT2D eigenvalue weighted by molar-refractivity contribution is 0.0872. The van der Waals surface area contributed by atoms with Crippen LogP contribution in [0.15, 0.2) is 16.7 Å². The van der Waals surface area contributed by atoms with E-state index in [1.54, 1.807) is 13.4 Å². The van der Waals surface area contributed by atoms with Crippen LogP contribution in [0.3, 0.4) is 0 Å². The monoisotopic (exact) mass is 212 g/mol. The average Bonchev–Trinajstić information content (AvgIpc) is 2.72. The Labute approximate surface area is 91.1 Å². The van der Waals surface area contributed by atoms with Gasteiger partial charge in [0.1, 0.15) is 5.76 Å². The first-order valence-corrected chi connectivity index (χ1v) is 5.44. The van der Waals surface area contributed by atoms with Crippen LogP contribution in [0.25, 0.3) is 0 Å². The van der Waals surface area contributed by atoms with Crippen LogP contribution in [0, 0.1) is 5.92 Å². The van der Waals surface area contributed by atoms with Gasteiger partial charge in [0.2, 0.25) is 0 Å². The Bertz CT molecular complexity index is 280. The zero-order valence-electron chi connectivity index (χ0n) is 9.69. The second-order valence-electron chi connectivity index (χ2n) is 3.86. The van der Waals surface area contributed by atoms with Gasteiger partial charge < -0.3 is 14.3 Å². The van der Waals surface area contributed by atoms with Crippen LogP contribution in [0.4, 0.5) is 0 Å². The van der Waals surface area contributed by atoms with Gasteiger partial charge in [-0.25, -0.2) is 0 Å². The maximum atomic E-state index is 10.1. The van der Waals surface area contributed by atoms with Gasteiger partial charge in [-0.2, -0.15) is 0 Å². The molecule has 3 nitrogen and oxygen atoms in total. The van der Waals surface area contributed by atoms with Gasteiger partial charge in [-0.1, -0.05) is 13.8 Å². The first-order chi connectivity index (χ1) is 7.20. The van der Waals surface area contributed by atoms with Crippen molar-refractivity contribution in [1.29, 1.82) is 0 Å². The van der Waals surface area contributed by atoms with Crippen molar-refractivity contribution in [2.45, 2.75) is 32.8 Å². The van der Waals surface area contributed by atoms with E-state index in [9.17, 15) is 5.11 Å². The SMILES string of the molecule is CCc1occc1C(O)C(C)CCOC. The molecule has 1 aromatic heterocycles. The van der Waals surface area contributed by atoms with Gasteiger partial charge >= 0.3 is 0 Å². The number of hydrogen-bond acceptors (Lipinski definition) is 3. The van der Waals surface area contributed by atoms with E-state index in [1.807, 2.05) is 19.9 Å². The zero-order chi connectivity index (χ0) is 11.3. The van der Waals surface area contributed by atoms with E-state index in [1.165, 1.54) is 0 Å². The van der Waals surface area contributed by atoms with E-state index >= 15 is 0 Å². The van der Waals surface area contributed by atoms with Crippen LogP contribution in [0.5, 0.6) is 0 Å². The summed E-state index contributed by atoms with van der Waals surface area (Å²) >= 11 is 0. The number of aliphatic hydroxyl groups is 1. The van der Waals surface area contributed by atoms with Gasteiger partial charge in [0.25, 0.3) is 0 Å². The highest BCUT2D eigenvalue weighted by Gasteiger charge is 2.20. The number of ether oxygens (including phenoxy) is 1. The molecule has 1 heterocycles. The number of hydrogen-bond donors (Lipinski definition) is 1.